The van der Waals surface area contributed by atoms with Crippen molar-refractivity contribution >= 4 is 23.2 Å². The standard InChI is InChI=1S/C13H19N3O3S/c1-3-18-10-7-5-6-9(12(10)19-4-2)8-11(17)16(15)13(14)20/h5-7H,3-4,8,15H2,1-2H3,(H2,14,20). The zero-order valence-electron chi connectivity index (χ0n) is 11.6. The first kappa shape index (κ1) is 16.2. The van der Waals surface area contributed by atoms with Crippen LogP contribution in [0.4, 0.5) is 0 Å². The third kappa shape index (κ3) is 4.07. The molecule has 0 saturated carbocycles. The number of hydrogen-bond acceptors (Lipinski definition) is 5. The fraction of sp³-hybridized carbons (Fsp3) is 0.385. The number of nitrogens with zero attached hydrogens (tertiary/aromatic N) is 1. The van der Waals surface area contributed by atoms with Gasteiger partial charge < -0.3 is 15.2 Å². The van der Waals surface area contributed by atoms with Crippen LogP contribution in [0, 0.1) is 0 Å². The number of amides is 1. The minimum absolute atomic E-state index is 0.0318. The van der Waals surface area contributed by atoms with Gasteiger partial charge in [0.1, 0.15) is 0 Å². The number of thiocarbonyl (C=S) groups is 1. The van der Waals surface area contributed by atoms with Crippen molar-refractivity contribution in [3.63, 3.8) is 0 Å². The minimum atomic E-state index is -0.410. The molecule has 1 aromatic rings. The molecule has 1 amide bonds. The van der Waals surface area contributed by atoms with Gasteiger partial charge in [-0.1, -0.05) is 12.1 Å². The predicted molar refractivity (Wildman–Crippen MR) is 80.3 cm³/mol. The smallest absolute Gasteiger partial charge is 0.247 e. The molecule has 4 N–H and O–H groups in total. The van der Waals surface area contributed by atoms with E-state index in [4.69, 9.17) is 21.1 Å². The summed E-state index contributed by atoms with van der Waals surface area (Å²) in [4.78, 5) is 11.9. The second-order valence-electron chi connectivity index (χ2n) is 3.89. The van der Waals surface area contributed by atoms with Crippen LogP contribution in [0.3, 0.4) is 0 Å². The number of rotatable bonds is 6. The van der Waals surface area contributed by atoms with Crippen molar-refractivity contribution in [2.45, 2.75) is 20.3 Å². The molecule has 0 radical (unpaired) electrons. The molecule has 0 aliphatic carbocycles. The average molecular weight is 297 g/mol. The third-order valence-corrected chi connectivity index (χ3v) is 2.69. The molecule has 1 rings (SSSR count). The molecule has 0 aliphatic heterocycles. The number of benzene rings is 1. The Morgan fingerprint density at radius 1 is 1.30 bits per heavy atom. The van der Waals surface area contributed by atoms with Crippen molar-refractivity contribution in [2.75, 3.05) is 13.2 Å². The second-order valence-corrected chi connectivity index (χ2v) is 4.31. The third-order valence-electron chi connectivity index (χ3n) is 2.50. The molecule has 6 nitrogen and oxygen atoms in total. The van der Waals surface area contributed by atoms with E-state index in [1.54, 1.807) is 18.2 Å². The Kier molecular flexibility index (Phi) is 6.20. The van der Waals surface area contributed by atoms with Crippen LogP contribution in [0.1, 0.15) is 19.4 Å². The van der Waals surface area contributed by atoms with E-state index in [1.165, 1.54) is 0 Å². The lowest BCUT2D eigenvalue weighted by molar-refractivity contribution is -0.126. The summed E-state index contributed by atoms with van der Waals surface area (Å²) in [5, 5.41) is 0.576. The second kappa shape index (κ2) is 7.66. The summed E-state index contributed by atoms with van der Waals surface area (Å²) < 4.78 is 11.0. The van der Waals surface area contributed by atoms with E-state index in [1.807, 2.05) is 13.8 Å². The molecule has 0 bridgehead atoms. The van der Waals surface area contributed by atoms with Crippen LogP contribution in [0.25, 0.3) is 0 Å². The summed E-state index contributed by atoms with van der Waals surface area (Å²) in [5.41, 5.74) is 6.00. The van der Waals surface area contributed by atoms with E-state index in [9.17, 15) is 4.79 Å². The molecule has 1 aromatic carbocycles. The van der Waals surface area contributed by atoms with Crippen LogP contribution < -0.4 is 21.1 Å². The molecule has 20 heavy (non-hydrogen) atoms. The molecule has 0 saturated heterocycles. The quantitative estimate of drug-likeness (QED) is 0.352. The van der Waals surface area contributed by atoms with Crippen LogP contribution in [0.2, 0.25) is 0 Å². The monoisotopic (exact) mass is 297 g/mol. The van der Waals surface area contributed by atoms with Gasteiger partial charge >= 0.3 is 0 Å². The van der Waals surface area contributed by atoms with E-state index < -0.39 is 5.91 Å². The Balaban J connectivity index is 3.01. The number of nitrogens with two attached hydrogens (primary N) is 2. The van der Waals surface area contributed by atoms with Gasteiger partial charge in [-0.25, -0.2) is 10.9 Å². The molecular weight excluding hydrogens is 278 g/mol. The number of hydrazine groups is 1. The van der Waals surface area contributed by atoms with Crippen molar-refractivity contribution in [3.05, 3.63) is 23.8 Å². The summed E-state index contributed by atoms with van der Waals surface area (Å²) >= 11 is 4.66. The number of para-hydroxylation sites is 1. The molecule has 110 valence electrons. The summed E-state index contributed by atoms with van der Waals surface area (Å²) in [7, 11) is 0. The average Bonchev–Trinajstić information content (AvgIpc) is 2.41. The Hall–Kier alpha value is -1.86. The highest BCUT2D eigenvalue weighted by Crippen LogP contribution is 2.32. The maximum atomic E-state index is 11.9. The van der Waals surface area contributed by atoms with Gasteiger partial charge in [0.25, 0.3) is 0 Å². The van der Waals surface area contributed by atoms with Gasteiger partial charge in [0.05, 0.1) is 19.6 Å². The molecule has 0 atom stereocenters. The normalized spacial score (nSPS) is 9.95. The molecule has 0 aromatic heterocycles. The van der Waals surface area contributed by atoms with Crippen molar-refractivity contribution < 1.29 is 14.3 Å². The SMILES string of the molecule is CCOc1cccc(CC(=O)N(N)C(N)=S)c1OCC. The molecule has 7 heteroatoms. The van der Waals surface area contributed by atoms with Crippen LogP contribution in [-0.4, -0.2) is 29.2 Å². The van der Waals surface area contributed by atoms with E-state index in [2.05, 4.69) is 12.2 Å². The molecule has 0 aliphatic rings. The van der Waals surface area contributed by atoms with E-state index in [0.29, 0.717) is 30.3 Å². The van der Waals surface area contributed by atoms with Crippen LogP contribution in [0.5, 0.6) is 11.5 Å². The maximum absolute atomic E-state index is 11.9. The highest BCUT2D eigenvalue weighted by Gasteiger charge is 2.17. The van der Waals surface area contributed by atoms with Crippen molar-refractivity contribution in [1.82, 2.24) is 5.01 Å². The van der Waals surface area contributed by atoms with Crippen molar-refractivity contribution in [1.29, 1.82) is 0 Å². The predicted octanol–water partition coefficient (Wildman–Crippen LogP) is 0.972. The lowest BCUT2D eigenvalue weighted by Crippen LogP contribution is -2.46. The first-order valence-corrected chi connectivity index (χ1v) is 6.66. The minimum Gasteiger partial charge on any atom is -0.490 e. The molecule has 0 fully saturated rings. The Labute approximate surface area is 123 Å². The Bertz CT molecular complexity index is 494. The van der Waals surface area contributed by atoms with Crippen molar-refractivity contribution in [2.24, 2.45) is 11.6 Å². The highest BCUT2D eigenvalue weighted by atomic mass is 32.1. The van der Waals surface area contributed by atoms with Gasteiger partial charge in [-0.05, 0) is 32.1 Å². The number of hydrogen-bond donors (Lipinski definition) is 2. The largest absolute Gasteiger partial charge is 0.490 e. The topological polar surface area (TPSA) is 90.8 Å². The fourth-order valence-electron chi connectivity index (χ4n) is 1.65. The summed E-state index contributed by atoms with van der Waals surface area (Å²) in [6, 6.07) is 5.35. The van der Waals surface area contributed by atoms with Crippen molar-refractivity contribution in [3.8, 4) is 11.5 Å². The van der Waals surface area contributed by atoms with Gasteiger partial charge in [-0.2, -0.15) is 0 Å². The molecule has 0 spiro atoms. The number of carbonyl (C=O) groups is 1. The first-order chi connectivity index (χ1) is 9.51. The summed E-state index contributed by atoms with van der Waals surface area (Å²) in [6.07, 6.45) is 0.0318. The van der Waals surface area contributed by atoms with Crippen LogP contribution in [-0.2, 0) is 11.2 Å². The van der Waals surface area contributed by atoms with Gasteiger partial charge in [0.15, 0.2) is 16.6 Å². The number of carbonyl (C=O) groups excluding carboxylic acids is 1. The van der Waals surface area contributed by atoms with Gasteiger partial charge in [-0.15, -0.1) is 0 Å². The summed E-state index contributed by atoms with van der Waals surface area (Å²) in [5.74, 6) is 6.20. The maximum Gasteiger partial charge on any atom is 0.247 e. The highest BCUT2D eigenvalue weighted by molar-refractivity contribution is 7.80. The fourth-order valence-corrected chi connectivity index (χ4v) is 1.75. The van der Waals surface area contributed by atoms with Gasteiger partial charge in [0.2, 0.25) is 5.91 Å². The zero-order valence-corrected chi connectivity index (χ0v) is 12.4. The van der Waals surface area contributed by atoms with Crippen LogP contribution in [0.15, 0.2) is 18.2 Å². The summed E-state index contributed by atoms with van der Waals surface area (Å²) in [6.45, 7) is 4.71. The van der Waals surface area contributed by atoms with Gasteiger partial charge in [-0.3, -0.25) is 4.79 Å². The first-order valence-electron chi connectivity index (χ1n) is 6.25. The molecule has 0 unspecified atom stereocenters. The lowest BCUT2D eigenvalue weighted by Gasteiger charge is -2.17. The van der Waals surface area contributed by atoms with E-state index in [-0.39, 0.29) is 11.5 Å². The van der Waals surface area contributed by atoms with E-state index >= 15 is 0 Å². The Morgan fingerprint density at radius 3 is 2.50 bits per heavy atom. The zero-order chi connectivity index (χ0) is 15.1. The van der Waals surface area contributed by atoms with Crippen LogP contribution >= 0.6 is 12.2 Å². The lowest BCUT2D eigenvalue weighted by atomic mass is 10.1. The molecule has 0 heterocycles. The van der Waals surface area contributed by atoms with E-state index in [0.717, 1.165) is 5.01 Å². The molecular formula is C13H19N3O3S. The Morgan fingerprint density at radius 2 is 1.95 bits per heavy atom. The number of ether oxygens (including phenoxy) is 2. The van der Waals surface area contributed by atoms with Gasteiger partial charge in [0, 0.05) is 5.56 Å².